The number of carbonyl (C=O) groups is 1. The highest BCUT2D eigenvalue weighted by Gasteiger charge is 2.25. The van der Waals surface area contributed by atoms with Crippen molar-refractivity contribution in [3.8, 4) is 0 Å². The van der Waals surface area contributed by atoms with Crippen molar-refractivity contribution in [2.45, 2.75) is 9.84 Å². The van der Waals surface area contributed by atoms with E-state index in [4.69, 9.17) is 4.74 Å². The summed E-state index contributed by atoms with van der Waals surface area (Å²) in [6.07, 6.45) is 1.74. The summed E-state index contributed by atoms with van der Waals surface area (Å²) in [5.41, 5.74) is 0. The highest BCUT2D eigenvalue weighted by atomic mass is 79.9. The van der Waals surface area contributed by atoms with E-state index in [1.807, 2.05) is 0 Å². The van der Waals surface area contributed by atoms with Crippen LogP contribution in [-0.4, -0.2) is 15.8 Å². The molecule has 2 nitrogen and oxygen atoms in total. The number of esters is 1. The first kappa shape index (κ1) is 8.74. The van der Waals surface area contributed by atoms with Crippen LogP contribution in [0.15, 0.2) is 10.6 Å². The number of halogens is 3. The number of rotatable bonds is 0. The molecule has 2 atom stereocenters. The van der Waals surface area contributed by atoms with Gasteiger partial charge in [-0.05, 0) is 37.9 Å². The zero-order valence-electron chi connectivity index (χ0n) is 4.68. The molecule has 0 spiro atoms. The van der Waals surface area contributed by atoms with Crippen LogP contribution >= 0.6 is 47.8 Å². The van der Waals surface area contributed by atoms with Crippen LogP contribution in [-0.2, 0) is 9.53 Å². The SMILES string of the molecule is O=C1O[C@@H](Br)[C@H](Br)C=C1Br. The molecule has 0 fully saturated rings. The molecule has 0 N–H and O–H groups in total. The summed E-state index contributed by atoms with van der Waals surface area (Å²) >= 11 is 9.51. The molecule has 0 radical (unpaired) electrons. The van der Waals surface area contributed by atoms with Crippen molar-refractivity contribution in [1.82, 2.24) is 0 Å². The molecule has 0 aromatic heterocycles. The lowest BCUT2D eigenvalue weighted by atomic mass is 10.3. The predicted octanol–water partition coefficient (Wildman–Crippen LogP) is 2.31. The topological polar surface area (TPSA) is 26.3 Å². The fraction of sp³-hybridized carbons (Fsp3) is 0.400. The molecule has 0 amide bonds. The second-order valence-electron chi connectivity index (χ2n) is 1.72. The predicted molar refractivity (Wildman–Crippen MR) is 48.5 cm³/mol. The Balaban J connectivity index is 2.79. The van der Waals surface area contributed by atoms with Crippen molar-refractivity contribution < 1.29 is 9.53 Å². The molecular weight excluding hydrogens is 332 g/mol. The number of alkyl halides is 2. The Morgan fingerprint density at radius 2 is 2.10 bits per heavy atom. The van der Waals surface area contributed by atoms with Crippen LogP contribution in [0.3, 0.4) is 0 Å². The highest BCUT2D eigenvalue weighted by molar-refractivity contribution is 9.12. The van der Waals surface area contributed by atoms with E-state index >= 15 is 0 Å². The van der Waals surface area contributed by atoms with E-state index in [0.29, 0.717) is 4.48 Å². The number of ether oxygens (including phenoxy) is 1. The molecule has 0 aliphatic carbocycles. The molecule has 1 rings (SSSR count). The van der Waals surface area contributed by atoms with Crippen LogP contribution in [0.2, 0.25) is 0 Å². The van der Waals surface area contributed by atoms with Crippen molar-refractivity contribution in [2.24, 2.45) is 0 Å². The molecule has 0 saturated heterocycles. The zero-order chi connectivity index (χ0) is 7.72. The largest absolute Gasteiger partial charge is 0.445 e. The minimum absolute atomic E-state index is 0.0413. The molecule has 5 heteroatoms. The summed E-state index contributed by atoms with van der Waals surface area (Å²) in [4.78, 5) is 10.8. The molecule has 0 unspecified atom stereocenters. The maximum Gasteiger partial charge on any atom is 0.346 e. The summed E-state index contributed by atoms with van der Waals surface area (Å²) in [7, 11) is 0. The summed E-state index contributed by atoms with van der Waals surface area (Å²) in [6, 6.07) is 0. The molecule has 1 aliphatic rings. The van der Waals surface area contributed by atoms with Crippen molar-refractivity contribution >= 4 is 53.8 Å². The maximum absolute atomic E-state index is 10.8. The van der Waals surface area contributed by atoms with Crippen LogP contribution in [0.4, 0.5) is 0 Å². The van der Waals surface area contributed by atoms with Crippen molar-refractivity contribution in [1.29, 1.82) is 0 Å². The lowest BCUT2D eigenvalue weighted by Gasteiger charge is -2.19. The quantitative estimate of drug-likeness (QED) is 0.502. The first-order chi connectivity index (χ1) is 4.61. The van der Waals surface area contributed by atoms with E-state index in [2.05, 4.69) is 47.8 Å². The molecule has 1 heterocycles. The molecule has 0 aromatic carbocycles. The molecule has 1 aliphatic heterocycles. The van der Waals surface area contributed by atoms with Crippen LogP contribution in [0.25, 0.3) is 0 Å². The standard InChI is InChI=1S/C5H3Br3O2/c6-2-1-3(7)5(9)10-4(2)8/h1-2,4H/t2-,4-/m1/s1. The number of carbonyl (C=O) groups excluding carboxylic acids is 1. The van der Waals surface area contributed by atoms with Gasteiger partial charge in [0.15, 0.2) is 5.01 Å². The maximum atomic E-state index is 10.8. The van der Waals surface area contributed by atoms with Gasteiger partial charge in [0.2, 0.25) is 0 Å². The second kappa shape index (κ2) is 3.36. The van der Waals surface area contributed by atoms with Gasteiger partial charge in [0.25, 0.3) is 0 Å². The lowest BCUT2D eigenvalue weighted by molar-refractivity contribution is -0.139. The zero-order valence-corrected chi connectivity index (χ0v) is 9.44. The van der Waals surface area contributed by atoms with Gasteiger partial charge in [-0.3, -0.25) is 0 Å². The minimum Gasteiger partial charge on any atom is -0.445 e. The van der Waals surface area contributed by atoms with E-state index in [0.717, 1.165) is 0 Å². The van der Waals surface area contributed by atoms with Gasteiger partial charge in [-0.2, -0.15) is 0 Å². The molecular formula is C5H3Br3O2. The van der Waals surface area contributed by atoms with E-state index in [1.54, 1.807) is 6.08 Å². The van der Waals surface area contributed by atoms with E-state index in [-0.39, 0.29) is 15.8 Å². The molecule has 10 heavy (non-hydrogen) atoms. The van der Waals surface area contributed by atoms with E-state index < -0.39 is 0 Å². The smallest absolute Gasteiger partial charge is 0.346 e. The molecule has 0 bridgehead atoms. The van der Waals surface area contributed by atoms with Crippen LogP contribution < -0.4 is 0 Å². The van der Waals surface area contributed by atoms with Crippen molar-refractivity contribution in [2.75, 3.05) is 0 Å². The highest BCUT2D eigenvalue weighted by Crippen LogP contribution is 2.26. The first-order valence-corrected chi connectivity index (χ1v) is 5.10. The van der Waals surface area contributed by atoms with Crippen molar-refractivity contribution in [3.05, 3.63) is 10.6 Å². The fourth-order valence-corrected chi connectivity index (χ4v) is 1.93. The Kier molecular flexibility index (Phi) is 2.94. The number of hydrogen-bond acceptors (Lipinski definition) is 2. The van der Waals surface area contributed by atoms with Crippen LogP contribution in [0, 0.1) is 0 Å². The van der Waals surface area contributed by atoms with Gasteiger partial charge in [-0.25, -0.2) is 4.79 Å². The average molecular weight is 335 g/mol. The first-order valence-electron chi connectivity index (χ1n) is 2.47. The molecule has 0 saturated carbocycles. The molecule has 56 valence electrons. The lowest BCUT2D eigenvalue weighted by Crippen LogP contribution is -2.25. The third-order valence-electron chi connectivity index (χ3n) is 0.971. The van der Waals surface area contributed by atoms with Gasteiger partial charge >= 0.3 is 5.97 Å². The van der Waals surface area contributed by atoms with Gasteiger partial charge in [0.1, 0.15) is 0 Å². The average Bonchev–Trinajstić information content (AvgIpc) is 1.84. The van der Waals surface area contributed by atoms with Gasteiger partial charge in [-0.1, -0.05) is 15.9 Å². The Morgan fingerprint density at radius 3 is 2.60 bits per heavy atom. The normalized spacial score (nSPS) is 33.1. The third-order valence-corrected chi connectivity index (χ3v) is 3.77. The molecule has 0 aromatic rings. The summed E-state index contributed by atoms with van der Waals surface area (Å²) in [5.74, 6) is -0.336. The van der Waals surface area contributed by atoms with Gasteiger partial charge in [0, 0.05) is 0 Å². The summed E-state index contributed by atoms with van der Waals surface area (Å²) < 4.78 is 5.29. The Bertz CT molecular complexity index is 189. The van der Waals surface area contributed by atoms with Crippen LogP contribution in [0.5, 0.6) is 0 Å². The van der Waals surface area contributed by atoms with Gasteiger partial charge in [-0.15, -0.1) is 0 Å². The van der Waals surface area contributed by atoms with Crippen molar-refractivity contribution in [3.63, 3.8) is 0 Å². The van der Waals surface area contributed by atoms with Crippen LogP contribution in [0.1, 0.15) is 0 Å². The van der Waals surface area contributed by atoms with Gasteiger partial charge in [0.05, 0.1) is 9.31 Å². The summed E-state index contributed by atoms with van der Waals surface area (Å²) in [6.45, 7) is 0. The third kappa shape index (κ3) is 1.83. The summed E-state index contributed by atoms with van der Waals surface area (Å²) in [5, 5.41) is -0.263. The van der Waals surface area contributed by atoms with E-state index in [1.165, 1.54) is 0 Å². The Hall–Kier alpha value is 0.650. The monoisotopic (exact) mass is 332 g/mol. The van der Waals surface area contributed by atoms with Gasteiger partial charge < -0.3 is 4.74 Å². The Morgan fingerprint density at radius 1 is 1.50 bits per heavy atom. The Labute approximate surface area is 83.4 Å². The number of hydrogen-bond donors (Lipinski definition) is 0. The fourth-order valence-electron chi connectivity index (χ4n) is 0.507. The second-order valence-corrected chi connectivity index (χ2v) is 4.53. The van der Waals surface area contributed by atoms with E-state index in [9.17, 15) is 4.79 Å². The minimum atomic E-state index is -0.336. The number of cyclic esters (lactones) is 1.